The number of ether oxygens (including phenoxy) is 1. The van der Waals surface area contributed by atoms with Crippen LogP contribution in [-0.4, -0.2) is 30.4 Å². The zero-order valence-electron chi connectivity index (χ0n) is 12.0. The molecule has 19 heavy (non-hydrogen) atoms. The van der Waals surface area contributed by atoms with Gasteiger partial charge in [-0.3, -0.25) is 0 Å². The van der Waals surface area contributed by atoms with Crippen LogP contribution in [0.1, 0.15) is 36.8 Å². The van der Waals surface area contributed by atoms with E-state index < -0.39 is 0 Å². The van der Waals surface area contributed by atoms with Crippen molar-refractivity contribution in [2.24, 2.45) is 0 Å². The van der Waals surface area contributed by atoms with Crippen molar-refractivity contribution in [1.82, 2.24) is 5.32 Å². The Morgan fingerprint density at radius 3 is 2.58 bits per heavy atom. The predicted octanol–water partition coefficient (Wildman–Crippen LogP) is 2.58. The molecule has 106 valence electrons. The minimum atomic E-state index is -0.186. The van der Waals surface area contributed by atoms with Gasteiger partial charge in [0, 0.05) is 12.6 Å². The molecule has 1 aromatic carbocycles. The lowest BCUT2D eigenvalue weighted by Gasteiger charge is -2.28. The number of rotatable bonds is 5. The summed E-state index contributed by atoms with van der Waals surface area (Å²) >= 11 is 0. The molecule has 0 radical (unpaired) electrons. The second kappa shape index (κ2) is 6.92. The third kappa shape index (κ3) is 3.95. The molecule has 2 rings (SSSR count). The molecule has 2 unspecified atom stereocenters. The number of hydrogen-bond donors (Lipinski definition) is 2. The molecule has 1 saturated carbocycles. The van der Waals surface area contributed by atoms with Gasteiger partial charge in [-0.1, -0.05) is 31.0 Å². The van der Waals surface area contributed by atoms with Gasteiger partial charge in [-0.05, 0) is 37.8 Å². The first kappa shape index (κ1) is 14.4. The van der Waals surface area contributed by atoms with Crippen LogP contribution in [0.2, 0.25) is 0 Å². The molecule has 0 heterocycles. The molecular weight excluding hydrogens is 238 g/mol. The molecule has 0 amide bonds. The second-order valence-electron chi connectivity index (χ2n) is 5.48. The molecule has 1 aliphatic rings. The van der Waals surface area contributed by atoms with Gasteiger partial charge in [-0.15, -0.1) is 0 Å². The highest BCUT2D eigenvalue weighted by molar-refractivity contribution is 5.39. The van der Waals surface area contributed by atoms with Gasteiger partial charge in [-0.2, -0.15) is 0 Å². The topological polar surface area (TPSA) is 41.5 Å². The van der Waals surface area contributed by atoms with Crippen molar-refractivity contribution in [3.8, 4) is 5.75 Å². The molecule has 0 spiro atoms. The minimum Gasteiger partial charge on any atom is -0.492 e. The van der Waals surface area contributed by atoms with Gasteiger partial charge in [0.15, 0.2) is 0 Å². The van der Waals surface area contributed by atoms with E-state index in [4.69, 9.17) is 4.74 Å². The average Bonchev–Trinajstić information content (AvgIpc) is 2.39. The third-order valence-electron chi connectivity index (χ3n) is 3.89. The fourth-order valence-electron chi connectivity index (χ4n) is 2.77. The number of para-hydroxylation sites is 1. The van der Waals surface area contributed by atoms with Gasteiger partial charge in [0.25, 0.3) is 0 Å². The fraction of sp³-hybridized carbons (Fsp3) is 0.625. The Hall–Kier alpha value is -1.06. The predicted molar refractivity (Wildman–Crippen MR) is 77.7 cm³/mol. The van der Waals surface area contributed by atoms with E-state index in [-0.39, 0.29) is 12.1 Å². The van der Waals surface area contributed by atoms with Crippen LogP contribution in [0.25, 0.3) is 0 Å². The molecule has 1 aromatic rings. The maximum atomic E-state index is 9.87. The van der Waals surface area contributed by atoms with Crippen LogP contribution in [0.5, 0.6) is 5.75 Å². The molecule has 0 bridgehead atoms. The Morgan fingerprint density at radius 2 is 1.89 bits per heavy atom. The average molecular weight is 263 g/mol. The first-order valence-electron chi connectivity index (χ1n) is 7.29. The zero-order chi connectivity index (χ0) is 13.7. The standard InChI is InChI=1S/C16H25NO2/c1-12-6-5-7-13(2)16(12)19-11-10-17-14-8-3-4-9-15(14)18/h5-7,14-15,17-18H,3-4,8-11H2,1-2H3. The van der Waals surface area contributed by atoms with Crippen molar-refractivity contribution in [3.05, 3.63) is 29.3 Å². The van der Waals surface area contributed by atoms with Crippen LogP contribution in [-0.2, 0) is 0 Å². The van der Waals surface area contributed by atoms with Crippen LogP contribution in [0.3, 0.4) is 0 Å². The SMILES string of the molecule is Cc1cccc(C)c1OCCNC1CCCCC1O. The summed E-state index contributed by atoms with van der Waals surface area (Å²) in [6, 6.07) is 6.44. The first-order valence-corrected chi connectivity index (χ1v) is 7.29. The number of aryl methyl sites for hydroxylation is 2. The molecule has 3 heteroatoms. The molecule has 0 aromatic heterocycles. The third-order valence-corrected chi connectivity index (χ3v) is 3.89. The summed E-state index contributed by atoms with van der Waals surface area (Å²) in [6.45, 7) is 5.58. The Balaban J connectivity index is 1.74. The van der Waals surface area contributed by atoms with Crippen molar-refractivity contribution >= 4 is 0 Å². The number of aliphatic hydroxyl groups is 1. The summed E-state index contributed by atoms with van der Waals surface area (Å²) < 4.78 is 5.85. The lowest BCUT2D eigenvalue weighted by Crippen LogP contribution is -2.43. The maximum Gasteiger partial charge on any atom is 0.125 e. The Kier molecular flexibility index (Phi) is 5.23. The van der Waals surface area contributed by atoms with E-state index in [2.05, 4.69) is 31.3 Å². The Morgan fingerprint density at radius 1 is 1.21 bits per heavy atom. The van der Waals surface area contributed by atoms with Crippen LogP contribution in [0, 0.1) is 13.8 Å². The number of aliphatic hydroxyl groups excluding tert-OH is 1. The van der Waals surface area contributed by atoms with E-state index in [0.29, 0.717) is 6.61 Å². The Bertz CT molecular complexity index is 385. The van der Waals surface area contributed by atoms with Crippen LogP contribution in [0.4, 0.5) is 0 Å². The monoisotopic (exact) mass is 263 g/mol. The molecule has 0 saturated heterocycles. The van der Waals surface area contributed by atoms with E-state index in [1.807, 2.05) is 6.07 Å². The van der Waals surface area contributed by atoms with E-state index in [1.165, 1.54) is 17.5 Å². The maximum absolute atomic E-state index is 9.87. The smallest absolute Gasteiger partial charge is 0.125 e. The zero-order valence-corrected chi connectivity index (χ0v) is 12.0. The number of benzene rings is 1. The summed E-state index contributed by atoms with van der Waals surface area (Å²) in [5, 5.41) is 13.3. The van der Waals surface area contributed by atoms with Gasteiger partial charge in [0.1, 0.15) is 12.4 Å². The normalized spacial score (nSPS) is 23.3. The molecule has 3 nitrogen and oxygen atoms in total. The van der Waals surface area contributed by atoms with Crippen LogP contribution in [0.15, 0.2) is 18.2 Å². The molecule has 2 N–H and O–H groups in total. The summed E-state index contributed by atoms with van der Waals surface area (Å²) in [5.74, 6) is 0.994. The molecule has 1 aliphatic carbocycles. The molecular formula is C16H25NO2. The van der Waals surface area contributed by atoms with Crippen molar-refractivity contribution < 1.29 is 9.84 Å². The molecule has 1 fully saturated rings. The van der Waals surface area contributed by atoms with Gasteiger partial charge in [0.2, 0.25) is 0 Å². The van der Waals surface area contributed by atoms with Crippen LogP contribution < -0.4 is 10.1 Å². The van der Waals surface area contributed by atoms with Gasteiger partial charge < -0.3 is 15.2 Å². The highest BCUT2D eigenvalue weighted by Crippen LogP contribution is 2.22. The number of nitrogens with one attached hydrogen (secondary N) is 1. The van der Waals surface area contributed by atoms with E-state index in [0.717, 1.165) is 31.6 Å². The molecule has 2 atom stereocenters. The van der Waals surface area contributed by atoms with E-state index >= 15 is 0 Å². The fourth-order valence-corrected chi connectivity index (χ4v) is 2.77. The van der Waals surface area contributed by atoms with Crippen molar-refractivity contribution in [1.29, 1.82) is 0 Å². The summed E-state index contributed by atoms with van der Waals surface area (Å²) in [5.41, 5.74) is 2.36. The van der Waals surface area contributed by atoms with Crippen molar-refractivity contribution in [2.75, 3.05) is 13.2 Å². The summed E-state index contributed by atoms with van der Waals surface area (Å²) in [7, 11) is 0. The Labute approximate surface area is 116 Å². The highest BCUT2D eigenvalue weighted by atomic mass is 16.5. The van der Waals surface area contributed by atoms with Crippen molar-refractivity contribution in [2.45, 2.75) is 51.7 Å². The molecule has 0 aliphatic heterocycles. The van der Waals surface area contributed by atoms with Crippen molar-refractivity contribution in [3.63, 3.8) is 0 Å². The first-order chi connectivity index (χ1) is 9.18. The van der Waals surface area contributed by atoms with E-state index in [1.54, 1.807) is 0 Å². The summed E-state index contributed by atoms with van der Waals surface area (Å²) in [6.07, 6.45) is 4.18. The van der Waals surface area contributed by atoms with Crippen LogP contribution >= 0.6 is 0 Å². The number of hydrogen-bond acceptors (Lipinski definition) is 3. The summed E-state index contributed by atoms with van der Waals surface area (Å²) in [4.78, 5) is 0. The van der Waals surface area contributed by atoms with Gasteiger partial charge in [0.05, 0.1) is 6.10 Å². The quantitative estimate of drug-likeness (QED) is 0.802. The lowest BCUT2D eigenvalue weighted by atomic mass is 9.93. The lowest BCUT2D eigenvalue weighted by molar-refractivity contribution is 0.0890. The second-order valence-corrected chi connectivity index (χ2v) is 5.48. The minimum absolute atomic E-state index is 0.186. The van der Waals surface area contributed by atoms with Gasteiger partial charge in [-0.25, -0.2) is 0 Å². The largest absolute Gasteiger partial charge is 0.492 e. The van der Waals surface area contributed by atoms with Gasteiger partial charge >= 0.3 is 0 Å². The van der Waals surface area contributed by atoms with E-state index in [9.17, 15) is 5.11 Å². The highest BCUT2D eigenvalue weighted by Gasteiger charge is 2.21.